The second kappa shape index (κ2) is 14.8. The first-order chi connectivity index (χ1) is 17.0. The van der Waals surface area contributed by atoms with Crippen LogP contribution >= 0.6 is 11.6 Å². The summed E-state index contributed by atoms with van der Waals surface area (Å²) in [6, 6.07) is 15.7. The number of halogens is 2. The number of benzene rings is 1. The molecule has 0 bridgehead atoms. The molecule has 0 saturated carbocycles. The Labute approximate surface area is 211 Å². The maximum absolute atomic E-state index is 11.9. The van der Waals surface area contributed by atoms with Gasteiger partial charge in [-0.05, 0) is 56.8 Å². The monoisotopic (exact) mass is 498 g/mol. The second-order valence-corrected chi connectivity index (χ2v) is 7.83. The van der Waals surface area contributed by atoms with Gasteiger partial charge in [-0.15, -0.1) is 5.10 Å². The normalized spacial score (nSPS) is 14.1. The topological polar surface area (TPSA) is 75.4 Å². The lowest BCUT2D eigenvalue weighted by atomic mass is 10.3. The van der Waals surface area contributed by atoms with Gasteiger partial charge in [0.2, 0.25) is 0 Å². The van der Waals surface area contributed by atoms with Crippen molar-refractivity contribution in [3.8, 4) is 0 Å². The van der Waals surface area contributed by atoms with E-state index in [1.54, 1.807) is 24.3 Å². The van der Waals surface area contributed by atoms with E-state index in [0.29, 0.717) is 23.0 Å². The number of aromatic nitrogens is 4. The molecule has 0 spiro atoms. The van der Waals surface area contributed by atoms with Gasteiger partial charge in [-0.2, -0.15) is 0 Å². The van der Waals surface area contributed by atoms with Crippen LogP contribution in [0.25, 0.3) is 5.65 Å². The van der Waals surface area contributed by atoms with Crippen LogP contribution in [0.2, 0.25) is 5.02 Å². The Morgan fingerprint density at radius 3 is 2.40 bits per heavy atom. The van der Waals surface area contributed by atoms with E-state index in [1.165, 1.54) is 30.8 Å². The number of aryl methyl sites for hydroxylation is 1. The van der Waals surface area contributed by atoms with Crippen LogP contribution in [0.1, 0.15) is 36.5 Å². The Morgan fingerprint density at radius 2 is 1.86 bits per heavy atom. The van der Waals surface area contributed by atoms with Crippen LogP contribution in [0, 0.1) is 12.7 Å². The van der Waals surface area contributed by atoms with E-state index in [0.717, 1.165) is 30.2 Å². The maximum atomic E-state index is 11.9. The van der Waals surface area contributed by atoms with E-state index < -0.39 is 0 Å². The molecule has 1 aliphatic rings. The van der Waals surface area contributed by atoms with Crippen LogP contribution in [0.5, 0.6) is 0 Å². The molecule has 35 heavy (non-hydrogen) atoms. The third-order valence-corrected chi connectivity index (χ3v) is 5.27. The first-order valence-electron chi connectivity index (χ1n) is 11.5. The van der Waals surface area contributed by atoms with E-state index in [1.807, 2.05) is 44.6 Å². The number of carbonyl (C=O) groups is 1. The number of hydrogen-bond donors (Lipinski definition) is 1. The summed E-state index contributed by atoms with van der Waals surface area (Å²) in [7, 11) is 2.02. The summed E-state index contributed by atoms with van der Waals surface area (Å²) in [5, 5.41) is 8.49. The highest BCUT2D eigenvalue weighted by molar-refractivity contribution is 6.30. The molecule has 0 aliphatic carbocycles. The highest BCUT2D eigenvalue weighted by Gasteiger charge is 2.22. The molecule has 1 aliphatic heterocycles. The minimum absolute atomic E-state index is 0.178. The predicted octanol–water partition coefficient (Wildman–Crippen LogP) is 5.24. The summed E-state index contributed by atoms with van der Waals surface area (Å²) >= 11 is 5.52. The van der Waals surface area contributed by atoms with E-state index >= 15 is 0 Å². The maximum Gasteiger partial charge on any atom is 0.168 e. The standard InChI is InChI=1S/C12H17N5.C6H4ClNO.C6H5F.C2H6/c1-9-7-14-11-3-4-12(15-17(9)11)16-6-5-10(8-16)13-2;7-5-1-2-8-6(3-5)4-9;7-6-4-2-1-3-5-6;1-2/h3-4,7,10,13H,5-6,8H2,1-2H3;1-4H;1-5H;1-2H3/t10-;;;/m0.../s1. The molecule has 1 saturated heterocycles. The van der Waals surface area contributed by atoms with E-state index in [9.17, 15) is 9.18 Å². The van der Waals surface area contributed by atoms with Gasteiger partial charge in [-0.1, -0.05) is 43.6 Å². The van der Waals surface area contributed by atoms with Gasteiger partial charge in [0, 0.05) is 30.4 Å². The molecule has 4 aromatic rings. The summed E-state index contributed by atoms with van der Waals surface area (Å²) in [6.07, 6.45) is 5.18. The van der Waals surface area contributed by atoms with Crippen LogP contribution in [-0.2, 0) is 0 Å². The molecule has 0 radical (unpaired) electrons. The van der Waals surface area contributed by atoms with E-state index in [4.69, 9.17) is 11.6 Å². The quantitative estimate of drug-likeness (QED) is 0.389. The average molecular weight is 499 g/mol. The third-order valence-electron chi connectivity index (χ3n) is 5.04. The van der Waals surface area contributed by atoms with Gasteiger partial charge in [0.15, 0.2) is 11.9 Å². The lowest BCUT2D eigenvalue weighted by molar-refractivity contribution is 0.111. The number of likely N-dealkylation sites (N-methyl/N-ethyl adjacent to an activating group) is 1. The number of carbonyl (C=O) groups excluding carboxylic acids is 1. The molecule has 1 N–H and O–H groups in total. The number of nitrogens with zero attached hydrogens (tertiary/aromatic N) is 5. The smallest absolute Gasteiger partial charge is 0.168 e. The van der Waals surface area contributed by atoms with Gasteiger partial charge in [0.25, 0.3) is 0 Å². The van der Waals surface area contributed by atoms with Crippen LogP contribution in [0.15, 0.2) is 67.0 Å². The van der Waals surface area contributed by atoms with Crippen molar-refractivity contribution in [3.05, 3.63) is 89.2 Å². The highest BCUT2D eigenvalue weighted by Crippen LogP contribution is 2.18. The molecule has 5 rings (SSSR count). The largest absolute Gasteiger partial charge is 0.354 e. The molecule has 7 nitrogen and oxygen atoms in total. The van der Waals surface area contributed by atoms with Crippen molar-refractivity contribution in [2.75, 3.05) is 25.0 Å². The summed E-state index contributed by atoms with van der Waals surface area (Å²) in [4.78, 5) is 20.3. The first kappa shape index (κ1) is 27.9. The van der Waals surface area contributed by atoms with Gasteiger partial charge in [-0.25, -0.2) is 13.9 Å². The molecule has 9 heteroatoms. The molecular weight excluding hydrogens is 467 g/mol. The van der Waals surface area contributed by atoms with Crippen molar-refractivity contribution >= 4 is 29.4 Å². The zero-order valence-corrected chi connectivity index (χ0v) is 21.3. The molecule has 3 aromatic heterocycles. The SMILES string of the molecule is CC.CN[C@H]1CCN(c2ccc3ncc(C)n3n2)C1.Fc1ccccc1.O=Cc1cc(Cl)ccn1. The lowest BCUT2D eigenvalue weighted by Gasteiger charge is -2.17. The predicted molar refractivity (Wildman–Crippen MR) is 140 cm³/mol. The zero-order valence-electron chi connectivity index (χ0n) is 20.5. The number of pyridine rings is 1. The van der Waals surface area contributed by atoms with Crippen molar-refractivity contribution in [1.82, 2.24) is 24.9 Å². The highest BCUT2D eigenvalue weighted by atomic mass is 35.5. The summed E-state index contributed by atoms with van der Waals surface area (Å²) in [6.45, 7) is 8.12. The lowest BCUT2D eigenvalue weighted by Crippen LogP contribution is -2.30. The van der Waals surface area contributed by atoms with Crippen LogP contribution < -0.4 is 10.2 Å². The minimum atomic E-state index is -0.178. The first-order valence-corrected chi connectivity index (χ1v) is 11.9. The van der Waals surface area contributed by atoms with Crippen LogP contribution in [0.4, 0.5) is 10.2 Å². The van der Waals surface area contributed by atoms with Crippen molar-refractivity contribution in [3.63, 3.8) is 0 Å². The Bertz CT molecular complexity index is 1170. The molecule has 0 unspecified atom stereocenters. The van der Waals surface area contributed by atoms with Gasteiger partial charge >= 0.3 is 0 Å². The van der Waals surface area contributed by atoms with Crippen LogP contribution in [-0.4, -0.2) is 52.0 Å². The number of imidazole rings is 1. The number of nitrogens with one attached hydrogen (secondary N) is 1. The Balaban J connectivity index is 0.000000202. The van der Waals surface area contributed by atoms with Crippen LogP contribution in [0.3, 0.4) is 0 Å². The van der Waals surface area contributed by atoms with Crippen molar-refractivity contribution in [2.24, 2.45) is 0 Å². The average Bonchev–Trinajstić information content (AvgIpc) is 3.53. The Hall–Kier alpha value is -3.36. The number of fused-ring (bicyclic) bond motifs is 1. The molecule has 186 valence electrons. The molecule has 1 atom stereocenters. The van der Waals surface area contributed by atoms with E-state index in [-0.39, 0.29) is 5.82 Å². The number of hydrogen-bond acceptors (Lipinski definition) is 6. The fourth-order valence-electron chi connectivity index (χ4n) is 3.25. The summed E-state index contributed by atoms with van der Waals surface area (Å²) in [5.41, 5.74) is 2.35. The molecule has 1 fully saturated rings. The van der Waals surface area contributed by atoms with Gasteiger partial charge in [0.05, 0.1) is 11.9 Å². The van der Waals surface area contributed by atoms with E-state index in [2.05, 4.69) is 31.3 Å². The Morgan fingerprint density at radius 1 is 1.11 bits per heavy atom. The van der Waals surface area contributed by atoms with Gasteiger partial charge in [-0.3, -0.25) is 9.78 Å². The fraction of sp³-hybridized carbons (Fsp3) is 0.308. The zero-order chi connectivity index (χ0) is 25.6. The number of anilines is 1. The van der Waals surface area contributed by atoms with Crippen molar-refractivity contribution < 1.29 is 9.18 Å². The molecular formula is C26H32ClFN6O. The van der Waals surface area contributed by atoms with Crippen molar-refractivity contribution in [2.45, 2.75) is 33.2 Å². The molecule has 0 amide bonds. The van der Waals surface area contributed by atoms with Gasteiger partial charge in [0.1, 0.15) is 17.3 Å². The third kappa shape index (κ3) is 8.73. The molecule has 4 heterocycles. The summed E-state index contributed by atoms with van der Waals surface area (Å²) < 4.78 is 13.8. The molecule has 1 aromatic carbocycles. The van der Waals surface area contributed by atoms with Crippen molar-refractivity contribution in [1.29, 1.82) is 0 Å². The fourth-order valence-corrected chi connectivity index (χ4v) is 3.42. The second-order valence-electron chi connectivity index (χ2n) is 7.39. The minimum Gasteiger partial charge on any atom is -0.354 e. The Kier molecular flexibility index (Phi) is 11.8. The van der Waals surface area contributed by atoms with Gasteiger partial charge < -0.3 is 10.2 Å². The summed E-state index contributed by atoms with van der Waals surface area (Å²) in [5.74, 6) is 0.860. The number of aldehydes is 1. The number of rotatable bonds is 3.